The van der Waals surface area contributed by atoms with Gasteiger partial charge in [-0.1, -0.05) is 51.4 Å². The molecule has 0 rings (SSSR count). The van der Waals surface area contributed by atoms with E-state index in [4.69, 9.17) is 24.1 Å². The summed E-state index contributed by atoms with van der Waals surface area (Å²) in [6.45, 7) is 1.50. The molecule has 0 bridgehead atoms. The summed E-state index contributed by atoms with van der Waals surface area (Å²) in [6.07, 6.45) is 8.65. The second-order valence-corrected chi connectivity index (χ2v) is 13.8. The Morgan fingerprint density at radius 3 is 1.60 bits per heavy atom. The summed E-state index contributed by atoms with van der Waals surface area (Å²) in [6, 6.07) is -0.982. The van der Waals surface area contributed by atoms with Gasteiger partial charge in [0.1, 0.15) is 30.8 Å². The van der Waals surface area contributed by atoms with E-state index in [1.807, 2.05) is 0 Å². The van der Waals surface area contributed by atoms with Crippen molar-refractivity contribution in [3.63, 3.8) is 0 Å². The number of hydrogen-bond acceptors (Lipinski definition) is 14. The Bertz CT molecular complexity index is 1140. The average Bonchev–Trinajstić information content (AvgIpc) is 3.17. The molecular formula is C38H68N4O15. The van der Waals surface area contributed by atoms with E-state index in [0.29, 0.717) is 12.7 Å². The summed E-state index contributed by atoms with van der Waals surface area (Å²) < 4.78 is 21.1. The van der Waals surface area contributed by atoms with E-state index in [9.17, 15) is 48.9 Å². The van der Waals surface area contributed by atoms with Gasteiger partial charge in [-0.3, -0.25) is 24.0 Å². The number of ether oxygens (including phenoxy) is 4. The Morgan fingerprint density at radius 2 is 1.11 bits per heavy atom. The zero-order valence-electron chi connectivity index (χ0n) is 33.6. The molecule has 0 spiro atoms. The highest BCUT2D eigenvalue weighted by Gasteiger charge is 2.31. The summed E-state index contributed by atoms with van der Waals surface area (Å²) >= 11 is 0. The summed E-state index contributed by atoms with van der Waals surface area (Å²) in [5.74, 6) is -2.56. The molecule has 0 aliphatic rings. The number of nitrogens with one attached hydrogen (secondary N) is 4. The van der Waals surface area contributed by atoms with Crippen LogP contribution in [0.15, 0.2) is 0 Å². The zero-order chi connectivity index (χ0) is 42.6. The summed E-state index contributed by atoms with van der Waals surface area (Å²) in [4.78, 5) is 81.9. The van der Waals surface area contributed by atoms with Crippen LogP contribution in [-0.2, 0) is 52.5 Å². The maximum Gasteiger partial charge on any atom is 0.303 e. The van der Waals surface area contributed by atoms with Gasteiger partial charge in [-0.25, -0.2) is 0 Å². The van der Waals surface area contributed by atoms with Gasteiger partial charge in [-0.05, 0) is 32.6 Å². The number of aldehydes is 1. The molecule has 0 saturated heterocycles. The Balaban J connectivity index is 3.84. The third-order valence-corrected chi connectivity index (χ3v) is 8.60. The molecule has 19 nitrogen and oxygen atoms in total. The summed E-state index contributed by atoms with van der Waals surface area (Å²) in [5.41, 5.74) is -1.54. The van der Waals surface area contributed by atoms with Crippen LogP contribution >= 0.6 is 0 Å². The van der Waals surface area contributed by atoms with Gasteiger partial charge >= 0.3 is 5.97 Å². The van der Waals surface area contributed by atoms with Crippen molar-refractivity contribution in [1.82, 2.24) is 21.3 Å². The first kappa shape index (κ1) is 53.4. The van der Waals surface area contributed by atoms with Gasteiger partial charge in [-0.15, -0.1) is 0 Å². The third-order valence-electron chi connectivity index (χ3n) is 8.60. The number of carbonyl (C=O) groups is 7. The minimum atomic E-state index is -1.80. The van der Waals surface area contributed by atoms with E-state index in [-0.39, 0.29) is 128 Å². The van der Waals surface area contributed by atoms with Gasteiger partial charge in [0, 0.05) is 38.8 Å². The second-order valence-electron chi connectivity index (χ2n) is 13.8. The lowest BCUT2D eigenvalue weighted by molar-refractivity contribution is -0.137. The predicted molar refractivity (Wildman–Crippen MR) is 206 cm³/mol. The maximum atomic E-state index is 12.5. The van der Waals surface area contributed by atoms with Crippen LogP contribution in [0.2, 0.25) is 0 Å². The zero-order valence-corrected chi connectivity index (χ0v) is 33.6. The van der Waals surface area contributed by atoms with Crippen molar-refractivity contribution < 1.29 is 72.9 Å². The Hall–Kier alpha value is -3.59. The molecule has 8 N–H and O–H groups in total. The van der Waals surface area contributed by atoms with E-state index < -0.39 is 36.4 Å². The minimum Gasteiger partial charge on any atom is -0.481 e. The highest BCUT2D eigenvalue weighted by atomic mass is 16.5. The van der Waals surface area contributed by atoms with E-state index in [2.05, 4.69) is 21.3 Å². The molecule has 4 amide bonds. The molecule has 0 radical (unpaired) electrons. The normalized spacial score (nSPS) is 12.7. The quantitative estimate of drug-likeness (QED) is 0.0230. The number of ketones is 1. The standard InChI is InChI=1S/C38H68N4O15/c1-30(45)14-15-31(37(52)53)41-35(49)27-57-25-23-55-21-19-40-34(48)26-56-24-22-54-20-18-39-32(46)16-17-38(28-43,29-44)42-33(47)12-10-8-6-4-2-3-5-7-9-11-13-36(50)51/h28,31,37,44,52-53H,2-27,29H2,1H3,(H,39,46)(H,40,48)(H,41,49)(H,42,47)(H,50,51). The largest absolute Gasteiger partial charge is 0.481 e. The van der Waals surface area contributed by atoms with Crippen molar-refractivity contribution in [2.24, 2.45) is 0 Å². The average molecular weight is 821 g/mol. The van der Waals surface area contributed by atoms with Gasteiger partial charge in [0.25, 0.3) is 0 Å². The van der Waals surface area contributed by atoms with Gasteiger partial charge < -0.3 is 70.2 Å². The van der Waals surface area contributed by atoms with Crippen molar-refractivity contribution in [3.8, 4) is 0 Å². The van der Waals surface area contributed by atoms with Crippen molar-refractivity contribution in [1.29, 1.82) is 0 Å². The topological polar surface area (TPSA) is 285 Å². The predicted octanol–water partition coefficient (Wildman–Crippen LogP) is 0.0421. The van der Waals surface area contributed by atoms with Crippen LogP contribution < -0.4 is 21.3 Å². The number of aliphatic hydroxyl groups is 3. The first-order chi connectivity index (χ1) is 27.3. The molecule has 0 aromatic carbocycles. The molecule has 0 fully saturated rings. The molecule has 0 aliphatic carbocycles. The molecule has 0 aromatic heterocycles. The lowest BCUT2D eigenvalue weighted by atomic mass is 9.95. The number of carboxylic acid groups (broad SMARTS) is 1. The fourth-order valence-corrected chi connectivity index (χ4v) is 5.30. The Morgan fingerprint density at radius 1 is 0.614 bits per heavy atom. The van der Waals surface area contributed by atoms with Crippen LogP contribution in [0.4, 0.5) is 0 Å². The number of amides is 4. The highest BCUT2D eigenvalue weighted by molar-refractivity contribution is 5.83. The van der Waals surface area contributed by atoms with Crippen molar-refractivity contribution in [3.05, 3.63) is 0 Å². The van der Waals surface area contributed by atoms with Crippen LogP contribution in [0.1, 0.15) is 110 Å². The number of rotatable bonds is 40. The second kappa shape index (κ2) is 35.6. The molecule has 0 aliphatic heterocycles. The monoisotopic (exact) mass is 820 g/mol. The Labute approximate surface area is 335 Å². The van der Waals surface area contributed by atoms with Crippen LogP contribution in [0.25, 0.3) is 0 Å². The third kappa shape index (κ3) is 33.1. The number of aliphatic carboxylic acids is 1. The first-order valence-electron chi connectivity index (χ1n) is 19.9. The van der Waals surface area contributed by atoms with Gasteiger partial charge in [0.15, 0.2) is 6.29 Å². The molecule has 0 saturated carbocycles. The lowest BCUT2D eigenvalue weighted by Gasteiger charge is -2.27. The smallest absolute Gasteiger partial charge is 0.303 e. The van der Waals surface area contributed by atoms with Crippen LogP contribution in [0.3, 0.4) is 0 Å². The molecule has 2 unspecified atom stereocenters. The summed E-state index contributed by atoms with van der Waals surface area (Å²) in [5, 5.41) is 47.4. The van der Waals surface area contributed by atoms with Crippen LogP contribution in [0, 0.1) is 0 Å². The number of carbonyl (C=O) groups excluding carboxylic acids is 6. The van der Waals surface area contributed by atoms with Crippen LogP contribution in [0.5, 0.6) is 0 Å². The molecular weight excluding hydrogens is 752 g/mol. The fraction of sp³-hybridized carbons (Fsp3) is 0.816. The summed E-state index contributed by atoms with van der Waals surface area (Å²) in [7, 11) is 0. The molecule has 330 valence electrons. The maximum absolute atomic E-state index is 12.5. The lowest BCUT2D eigenvalue weighted by Crippen LogP contribution is -2.53. The SMILES string of the molecule is CC(=O)CCC(NC(=O)COCCOCCNC(=O)COCCOCCNC(=O)CCC(C=O)(CO)NC(=O)CCCCCCCCCCCCC(=O)O)C(O)O. The minimum absolute atomic E-state index is 0.0657. The van der Waals surface area contributed by atoms with Gasteiger partial charge in [0.05, 0.1) is 52.3 Å². The fourth-order valence-electron chi connectivity index (χ4n) is 5.30. The number of carboxylic acids is 1. The molecule has 0 heterocycles. The number of Topliss-reactive ketones (excluding diaryl/α,β-unsaturated/α-hetero) is 1. The molecule has 0 aromatic rings. The number of aliphatic hydroxyl groups excluding tert-OH is 2. The van der Waals surface area contributed by atoms with E-state index in [0.717, 1.165) is 57.8 Å². The van der Waals surface area contributed by atoms with E-state index in [1.165, 1.54) is 6.92 Å². The van der Waals surface area contributed by atoms with Crippen molar-refractivity contribution in [2.75, 3.05) is 72.6 Å². The Kier molecular flexibility index (Phi) is 33.3. The molecule has 57 heavy (non-hydrogen) atoms. The number of unbranched alkanes of at least 4 members (excludes halogenated alkanes) is 9. The van der Waals surface area contributed by atoms with E-state index in [1.54, 1.807) is 0 Å². The van der Waals surface area contributed by atoms with Gasteiger partial charge in [-0.2, -0.15) is 0 Å². The number of hydrogen-bond donors (Lipinski definition) is 8. The van der Waals surface area contributed by atoms with Crippen molar-refractivity contribution >= 4 is 41.7 Å². The molecule has 2 atom stereocenters. The van der Waals surface area contributed by atoms with E-state index >= 15 is 0 Å². The van der Waals surface area contributed by atoms with Crippen LogP contribution in [-0.4, -0.2) is 153 Å². The molecule has 19 heteroatoms. The van der Waals surface area contributed by atoms with Gasteiger partial charge in [0.2, 0.25) is 23.6 Å². The highest BCUT2D eigenvalue weighted by Crippen LogP contribution is 2.14. The van der Waals surface area contributed by atoms with Crippen molar-refractivity contribution in [2.45, 2.75) is 128 Å². The first-order valence-corrected chi connectivity index (χ1v) is 19.9.